The second-order valence-electron chi connectivity index (χ2n) is 3.73. The Kier molecular flexibility index (Phi) is 2.96. The quantitative estimate of drug-likeness (QED) is 0.825. The summed E-state index contributed by atoms with van der Waals surface area (Å²) in [6.07, 6.45) is 1.80. The van der Waals surface area contributed by atoms with Crippen LogP contribution < -0.4 is 5.73 Å². The van der Waals surface area contributed by atoms with Gasteiger partial charge >= 0.3 is 0 Å². The minimum Gasteiger partial charge on any atom is -0.326 e. The minimum atomic E-state index is 0.523. The van der Waals surface area contributed by atoms with E-state index in [1.165, 1.54) is 0 Å². The third-order valence-corrected chi connectivity index (χ3v) is 2.40. The van der Waals surface area contributed by atoms with Gasteiger partial charge in [0.2, 0.25) is 0 Å². The summed E-state index contributed by atoms with van der Waals surface area (Å²) in [6, 6.07) is 3.96. The zero-order valence-corrected chi connectivity index (χ0v) is 9.51. The van der Waals surface area contributed by atoms with Crippen LogP contribution in [0, 0.1) is 13.8 Å². The molecule has 0 aromatic carbocycles. The van der Waals surface area contributed by atoms with Crippen molar-refractivity contribution in [2.24, 2.45) is 5.73 Å². The van der Waals surface area contributed by atoms with E-state index in [4.69, 9.17) is 5.73 Å². The monoisotopic (exact) mass is 217 g/mol. The Morgan fingerprint density at radius 3 is 2.62 bits per heavy atom. The van der Waals surface area contributed by atoms with Crippen molar-refractivity contribution in [3.05, 3.63) is 41.2 Å². The Hall–Kier alpha value is -1.75. The van der Waals surface area contributed by atoms with Gasteiger partial charge in [0, 0.05) is 12.7 Å². The maximum absolute atomic E-state index is 5.51. The van der Waals surface area contributed by atoms with Crippen LogP contribution in [0.2, 0.25) is 0 Å². The Labute approximate surface area is 94.3 Å². The van der Waals surface area contributed by atoms with Gasteiger partial charge in [-0.2, -0.15) is 5.10 Å². The molecule has 84 valence electrons. The lowest BCUT2D eigenvalue weighted by Gasteiger charge is -2.03. The Balaban J connectivity index is 2.17. The van der Waals surface area contributed by atoms with Gasteiger partial charge in [-0.25, -0.2) is 9.67 Å². The second kappa shape index (κ2) is 4.40. The van der Waals surface area contributed by atoms with E-state index < -0.39 is 0 Å². The number of hydrogen-bond acceptors (Lipinski definition) is 4. The first-order valence-electron chi connectivity index (χ1n) is 5.21. The summed E-state index contributed by atoms with van der Waals surface area (Å²) in [6.45, 7) is 5.00. The first-order chi connectivity index (χ1) is 7.69. The molecule has 2 N–H and O–H groups in total. The number of nitrogens with two attached hydrogens (primary N) is 1. The summed E-state index contributed by atoms with van der Waals surface area (Å²) >= 11 is 0. The molecular weight excluding hydrogens is 202 g/mol. The summed E-state index contributed by atoms with van der Waals surface area (Å²) in [4.78, 5) is 8.57. The molecule has 2 aromatic heterocycles. The lowest BCUT2D eigenvalue weighted by Crippen LogP contribution is -2.06. The van der Waals surface area contributed by atoms with Gasteiger partial charge < -0.3 is 5.73 Å². The molecule has 0 fully saturated rings. The highest BCUT2D eigenvalue weighted by molar-refractivity contribution is 5.14. The standard InChI is InChI=1S/C11H15N5/c1-8-14-9(2)16(15-8)7-11-4-3-10(5-12)6-13-11/h3-4,6H,5,7,12H2,1-2H3. The molecule has 2 aromatic rings. The molecule has 0 aliphatic heterocycles. The average Bonchev–Trinajstić information content (AvgIpc) is 2.59. The molecule has 16 heavy (non-hydrogen) atoms. The number of hydrogen-bond donors (Lipinski definition) is 1. The van der Waals surface area contributed by atoms with Crippen LogP contribution in [0.1, 0.15) is 22.9 Å². The minimum absolute atomic E-state index is 0.523. The SMILES string of the molecule is Cc1nc(C)n(Cc2ccc(CN)cn2)n1. The molecule has 0 radical (unpaired) electrons. The number of pyridine rings is 1. The van der Waals surface area contributed by atoms with Crippen molar-refractivity contribution in [2.45, 2.75) is 26.9 Å². The predicted octanol–water partition coefficient (Wildman–Crippen LogP) is 0.797. The smallest absolute Gasteiger partial charge is 0.147 e. The van der Waals surface area contributed by atoms with Crippen LogP contribution >= 0.6 is 0 Å². The molecule has 5 nitrogen and oxygen atoms in total. The van der Waals surface area contributed by atoms with Gasteiger partial charge in [0.25, 0.3) is 0 Å². The zero-order chi connectivity index (χ0) is 11.5. The van der Waals surface area contributed by atoms with Crippen LogP contribution in [0.5, 0.6) is 0 Å². The molecule has 2 heterocycles. The summed E-state index contributed by atoms with van der Waals surface area (Å²) in [5.74, 6) is 1.69. The van der Waals surface area contributed by atoms with Crippen molar-refractivity contribution in [1.29, 1.82) is 0 Å². The Morgan fingerprint density at radius 2 is 2.12 bits per heavy atom. The van der Waals surface area contributed by atoms with E-state index in [9.17, 15) is 0 Å². The Bertz CT molecular complexity index is 472. The number of rotatable bonds is 3. The summed E-state index contributed by atoms with van der Waals surface area (Å²) in [5, 5.41) is 4.29. The first-order valence-corrected chi connectivity index (χ1v) is 5.21. The van der Waals surface area contributed by atoms with E-state index in [0.717, 1.165) is 22.9 Å². The van der Waals surface area contributed by atoms with Gasteiger partial charge in [0.1, 0.15) is 11.6 Å². The van der Waals surface area contributed by atoms with Crippen molar-refractivity contribution in [1.82, 2.24) is 19.7 Å². The van der Waals surface area contributed by atoms with Crippen LogP contribution in [0.4, 0.5) is 0 Å². The molecule has 5 heteroatoms. The number of aromatic nitrogens is 4. The molecule has 0 spiro atoms. The maximum atomic E-state index is 5.51. The van der Waals surface area contributed by atoms with Crippen molar-refractivity contribution in [2.75, 3.05) is 0 Å². The summed E-state index contributed by atoms with van der Waals surface area (Å²) in [7, 11) is 0. The summed E-state index contributed by atoms with van der Waals surface area (Å²) < 4.78 is 1.85. The molecule has 0 unspecified atom stereocenters. The third kappa shape index (κ3) is 2.25. The van der Waals surface area contributed by atoms with Crippen molar-refractivity contribution >= 4 is 0 Å². The van der Waals surface area contributed by atoms with Crippen LogP contribution in [-0.2, 0) is 13.1 Å². The van der Waals surface area contributed by atoms with Gasteiger partial charge in [-0.15, -0.1) is 0 Å². The van der Waals surface area contributed by atoms with Crippen molar-refractivity contribution in [3.63, 3.8) is 0 Å². The molecule has 2 rings (SSSR count). The fourth-order valence-electron chi connectivity index (χ4n) is 1.53. The van der Waals surface area contributed by atoms with Crippen LogP contribution in [0.15, 0.2) is 18.3 Å². The van der Waals surface area contributed by atoms with Crippen molar-refractivity contribution < 1.29 is 0 Å². The normalized spacial score (nSPS) is 10.7. The van der Waals surface area contributed by atoms with Crippen LogP contribution in [-0.4, -0.2) is 19.7 Å². The molecule has 0 atom stereocenters. The Morgan fingerprint density at radius 1 is 1.31 bits per heavy atom. The molecule has 0 bridgehead atoms. The van der Waals surface area contributed by atoms with Crippen LogP contribution in [0.3, 0.4) is 0 Å². The highest BCUT2D eigenvalue weighted by atomic mass is 15.3. The molecule has 0 amide bonds. The van der Waals surface area contributed by atoms with E-state index in [1.54, 1.807) is 6.20 Å². The van der Waals surface area contributed by atoms with E-state index in [0.29, 0.717) is 13.1 Å². The fourth-order valence-corrected chi connectivity index (χ4v) is 1.53. The number of nitrogens with zero attached hydrogens (tertiary/aromatic N) is 4. The van der Waals surface area contributed by atoms with E-state index >= 15 is 0 Å². The zero-order valence-electron chi connectivity index (χ0n) is 9.51. The van der Waals surface area contributed by atoms with E-state index in [1.807, 2.05) is 30.7 Å². The second-order valence-corrected chi connectivity index (χ2v) is 3.73. The topological polar surface area (TPSA) is 69.6 Å². The molecule has 0 aliphatic carbocycles. The molecule has 0 saturated heterocycles. The van der Waals surface area contributed by atoms with Crippen LogP contribution in [0.25, 0.3) is 0 Å². The highest BCUT2D eigenvalue weighted by Gasteiger charge is 2.03. The maximum Gasteiger partial charge on any atom is 0.147 e. The number of aryl methyl sites for hydroxylation is 2. The van der Waals surface area contributed by atoms with Gasteiger partial charge in [-0.1, -0.05) is 6.07 Å². The van der Waals surface area contributed by atoms with E-state index in [-0.39, 0.29) is 0 Å². The van der Waals surface area contributed by atoms with Gasteiger partial charge in [0.05, 0.1) is 12.2 Å². The largest absolute Gasteiger partial charge is 0.326 e. The van der Waals surface area contributed by atoms with Gasteiger partial charge in [-0.3, -0.25) is 4.98 Å². The lowest BCUT2D eigenvalue weighted by molar-refractivity contribution is 0.643. The average molecular weight is 217 g/mol. The van der Waals surface area contributed by atoms with Gasteiger partial charge in [-0.05, 0) is 25.5 Å². The molecular formula is C11H15N5. The third-order valence-electron chi connectivity index (χ3n) is 2.40. The predicted molar refractivity (Wildman–Crippen MR) is 60.7 cm³/mol. The summed E-state index contributed by atoms with van der Waals surface area (Å²) in [5.41, 5.74) is 7.51. The van der Waals surface area contributed by atoms with Crippen molar-refractivity contribution in [3.8, 4) is 0 Å². The molecule has 0 aliphatic rings. The fraction of sp³-hybridized carbons (Fsp3) is 0.364. The lowest BCUT2D eigenvalue weighted by atomic mass is 10.2. The highest BCUT2D eigenvalue weighted by Crippen LogP contribution is 2.03. The van der Waals surface area contributed by atoms with E-state index in [2.05, 4.69) is 15.1 Å². The first kappa shape index (κ1) is 10.8. The van der Waals surface area contributed by atoms with Gasteiger partial charge in [0.15, 0.2) is 0 Å². The molecule has 0 saturated carbocycles.